The van der Waals surface area contributed by atoms with Crippen LogP contribution in [0.25, 0.3) is 0 Å². The standard InChI is InChI=1S/C19H23N3O3S/c1-20-16-10-12-22(13-11-16)19(23)15-6-5-7-17(14-15)21-26(24,25)18-8-3-2-4-9-18/h2-9,14,16,20-21H,10-13H2,1H3. The fourth-order valence-corrected chi connectivity index (χ4v) is 4.15. The molecule has 1 aliphatic rings. The molecule has 0 aromatic heterocycles. The van der Waals surface area contributed by atoms with Crippen molar-refractivity contribution in [2.24, 2.45) is 0 Å². The second kappa shape index (κ2) is 7.88. The van der Waals surface area contributed by atoms with E-state index in [1.54, 1.807) is 42.5 Å². The first-order valence-corrected chi connectivity index (χ1v) is 10.1. The molecule has 3 rings (SSSR count). The molecular formula is C19H23N3O3S. The molecule has 0 atom stereocenters. The number of benzene rings is 2. The summed E-state index contributed by atoms with van der Waals surface area (Å²) in [7, 11) is -1.74. The minimum absolute atomic E-state index is 0.0692. The SMILES string of the molecule is CNC1CCN(C(=O)c2cccc(NS(=O)(=O)c3ccccc3)c2)CC1. The molecule has 1 amide bonds. The van der Waals surface area contributed by atoms with Gasteiger partial charge in [0.25, 0.3) is 15.9 Å². The normalized spacial score (nSPS) is 15.7. The number of nitrogens with zero attached hydrogens (tertiary/aromatic N) is 1. The molecular weight excluding hydrogens is 350 g/mol. The van der Waals surface area contributed by atoms with Gasteiger partial charge in [0.05, 0.1) is 4.90 Å². The Kier molecular flexibility index (Phi) is 5.58. The summed E-state index contributed by atoms with van der Waals surface area (Å²) in [6.45, 7) is 1.40. The average molecular weight is 373 g/mol. The lowest BCUT2D eigenvalue weighted by atomic mass is 10.0. The van der Waals surface area contributed by atoms with Gasteiger partial charge in [-0.05, 0) is 50.2 Å². The highest BCUT2D eigenvalue weighted by molar-refractivity contribution is 7.92. The van der Waals surface area contributed by atoms with Crippen LogP contribution in [0.3, 0.4) is 0 Å². The topological polar surface area (TPSA) is 78.5 Å². The van der Waals surface area contributed by atoms with E-state index in [-0.39, 0.29) is 10.8 Å². The zero-order valence-electron chi connectivity index (χ0n) is 14.7. The van der Waals surface area contributed by atoms with Gasteiger partial charge in [0.1, 0.15) is 0 Å². The Morgan fingerprint density at radius 2 is 1.73 bits per heavy atom. The quantitative estimate of drug-likeness (QED) is 0.843. The minimum Gasteiger partial charge on any atom is -0.339 e. The third-order valence-corrected chi connectivity index (χ3v) is 6.00. The molecule has 6 nitrogen and oxygen atoms in total. The second-order valence-electron chi connectivity index (χ2n) is 6.35. The predicted octanol–water partition coefficient (Wildman–Crippen LogP) is 2.31. The summed E-state index contributed by atoms with van der Waals surface area (Å²) in [5, 5.41) is 3.24. The number of carbonyl (C=O) groups excluding carboxylic acids is 1. The van der Waals surface area contributed by atoms with E-state index in [0.29, 0.717) is 30.4 Å². The van der Waals surface area contributed by atoms with Crippen molar-refractivity contribution in [3.8, 4) is 0 Å². The fourth-order valence-electron chi connectivity index (χ4n) is 3.08. The van der Waals surface area contributed by atoms with Crippen LogP contribution >= 0.6 is 0 Å². The molecule has 7 heteroatoms. The number of sulfonamides is 1. The van der Waals surface area contributed by atoms with Gasteiger partial charge >= 0.3 is 0 Å². The van der Waals surface area contributed by atoms with E-state index in [0.717, 1.165) is 12.8 Å². The highest BCUT2D eigenvalue weighted by atomic mass is 32.2. The Morgan fingerprint density at radius 1 is 1.04 bits per heavy atom. The summed E-state index contributed by atoms with van der Waals surface area (Å²) >= 11 is 0. The number of anilines is 1. The minimum atomic E-state index is -3.67. The Labute approximate surface area is 154 Å². The van der Waals surface area contributed by atoms with Crippen LogP contribution in [0.1, 0.15) is 23.2 Å². The van der Waals surface area contributed by atoms with Crippen molar-refractivity contribution >= 4 is 21.6 Å². The maximum Gasteiger partial charge on any atom is 0.261 e. The van der Waals surface area contributed by atoms with Crippen molar-refractivity contribution < 1.29 is 13.2 Å². The largest absolute Gasteiger partial charge is 0.339 e. The van der Waals surface area contributed by atoms with Gasteiger partial charge in [-0.25, -0.2) is 8.42 Å². The number of amides is 1. The summed E-state index contributed by atoms with van der Waals surface area (Å²) in [6, 6.07) is 15.2. The highest BCUT2D eigenvalue weighted by Crippen LogP contribution is 2.19. The molecule has 138 valence electrons. The lowest BCUT2D eigenvalue weighted by molar-refractivity contribution is 0.0707. The molecule has 0 saturated carbocycles. The summed E-state index contributed by atoms with van der Waals surface area (Å²) in [4.78, 5) is 14.7. The first-order chi connectivity index (χ1) is 12.5. The van der Waals surface area contributed by atoms with E-state index in [4.69, 9.17) is 0 Å². The maximum atomic E-state index is 12.7. The third kappa shape index (κ3) is 4.23. The first kappa shape index (κ1) is 18.4. The van der Waals surface area contributed by atoms with Crippen molar-refractivity contribution in [1.82, 2.24) is 10.2 Å². The van der Waals surface area contributed by atoms with E-state index in [2.05, 4.69) is 10.0 Å². The molecule has 0 aliphatic carbocycles. The summed E-state index contributed by atoms with van der Waals surface area (Å²) < 4.78 is 27.4. The number of nitrogens with one attached hydrogen (secondary N) is 2. The van der Waals surface area contributed by atoms with Crippen molar-refractivity contribution in [1.29, 1.82) is 0 Å². The molecule has 0 unspecified atom stereocenters. The fraction of sp³-hybridized carbons (Fsp3) is 0.316. The van der Waals surface area contributed by atoms with E-state index >= 15 is 0 Å². The molecule has 0 radical (unpaired) electrons. The van der Waals surface area contributed by atoms with Gasteiger partial charge in [-0.2, -0.15) is 0 Å². The van der Waals surface area contributed by atoms with Crippen LogP contribution in [-0.4, -0.2) is 45.4 Å². The summed E-state index contributed by atoms with van der Waals surface area (Å²) in [6.07, 6.45) is 1.84. The van der Waals surface area contributed by atoms with Crippen LogP contribution in [0.2, 0.25) is 0 Å². The lowest BCUT2D eigenvalue weighted by Crippen LogP contribution is -2.43. The number of hydrogen-bond donors (Lipinski definition) is 2. The summed E-state index contributed by atoms with van der Waals surface area (Å²) in [5.41, 5.74) is 0.867. The molecule has 1 saturated heterocycles. The maximum absolute atomic E-state index is 12.7. The van der Waals surface area contributed by atoms with Crippen LogP contribution in [0.5, 0.6) is 0 Å². The Hall–Kier alpha value is -2.38. The van der Waals surface area contributed by atoms with Crippen molar-refractivity contribution in [3.05, 3.63) is 60.2 Å². The van der Waals surface area contributed by atoms with Crippen LogP contribution in [-0.2, 0) is 10.0 Å². The number of carbonyl (C=O) groups is 1. The number of piperidine rings is 1. The van der Waals surface area contributed by atoms with Crippen LogP contribution in [0, 0.1) is 0 Å². The van der Waals surface area contributed by atoms with Gasteiger partial charge in [-0.3, -0.25) is 9.52 Å². The van der Waals surface area contributed by atoms with Gasteiger partial charge in [0, 0.05) is 30.4 Å². The molecule has 2 aromatic carbocycles. The zero-order chi connectivity index (χ0) is 18.6. The second-order valence-corrected chi connectivity index (χ2v) is 8.04. The highest BCUT2D eigenvalue weighted by Gasteiger charge is 2.23. The molecule has 2 aromatic rings. The smallest absolute Gasteiger partial charge is 0.261 e. The van der Waals surface area contributed by atoms with Gasteiger partial charge in [0.2, 0.25) is 0 Å². The number of hydrogen-bond acceptors (Lipinski definition) is 4. The van der Waals surface area contributed by atoms with Crippen molar-refractivity contribution in [3.63, 3.8) is 0 Å². The van der Waals surface area contributed by atoms with Crippen LogP contribution < -0.4 is 10.0 Å². The zero-order valence-corrected chi connectivity index (χ0v) is 15.5. The molecule has 26 heavy (non-hydrogen) atoms. The Balaban J connectivity index is 1.73. The first-order valence-electron chi connectivity index (χ1n) is 8.64. The molecule has 2 N–H and O–H groups in total. The van der Waals surface area contributed by atoms with E-state index in [9.17, 15) is 13.2 Å². The molecule has 0 bridgehead atoms. The van der Waals surface area contributed by atoms with E-state index < -0.39 is 10.0 Å². The van der Waals surface area contributed by atoms with Crippen LogP contribution in [0.15, 0.2) is 59.5 Å². The van der Waals surface area contributed by atoms with Crippen molar-refractivity contribution in [2.45, 2.75) is 23.8 Å². The van der Waals surface area contributed by atoms with E-state index in [1.165, 1.54) is 12.1 Å². The Bertz CT molecular complexity index is 861. The van der Waals surface area contributed by atoms with E-state index in [1.807, 2.05) is 11.9 Å². The molecule has 1 aliphatic heterocycles. The van der Waals surface area contributed by atoms with Gasteiger partial charge in [0.15, 0.2) is 0 Å². The van der Waals surface area contributed by atoms with Crippen LogP contribution in [0.4, 0.5) is 5.69 Å². The molecule has 0 spiro atoms. The van der Waals surface area contributed by atoms with Gasteiger partial charge in [-0.15, -0.1) is 0 Å². The Morgan fingerprint density at radius 3 is 2.38 bits per heavy atom. The number of rotatable bonds is 5. The average Bonchev–Trinajstić information content (AvgIpc) is 2.68. The molecule has 1 fully saturated rings. The summed E-state index contributed by atoms with van der Waals surface area (Å²) in [5.74, 6) is -0.0692. The molecule has 1 heterocycles. The third-order valence-electron chi connectivity index (χ3n) is 4.61. The number of likely N-dealkylation sites (tertiary alicyclic amines) is 1. The monoisotopic (exact) mass is 373 g/mol. The predicted molar refractivity (Wildman–Crippen MR) is 102 cm³/mol. The van der Waals surface area contributed by atoms with Gasteiger partial charge in [-0.1, -0.05) is 24.3 Å². The van der Waals surface area contributed by atoms with Crippen molar-refractivity contribution in [2.75, 3.05) is 24.9 Å². The van der Waals surface area contributed by atoms with Gasteiger partial charge < -0.3 is 10.2 Å². The lowest BCUT2D eigenvalue weighted by Gasteiger charge is -2.32.